The molecule has 1 atom stereocenters. The first kappa shape index (κ1) is 22.9. The third-order valence-electron chi connectivity index (χ3n) is 6.42. The summed E-state index contributed by atoms with van der Waals surface area (Å²) in [5.74, 6) is -0.727. The van der Waals surface area contributed by atoms with E-state index in [9.17, 15) is 14.7 Å². The maximum absolute atomic E-state index is 13.2. The van der Waals surface area contributed by atoms with E-state index in [1.54, 1.807) is 42.6 Å². The number of aromatic amines is 1. The molecule has 0 aliphatic carbocycles. The fraction of sp³-hybridized carbons (Fsp3) is 0.400. The van der Waals surface area contributed by atoms with Gasteiger partial charge in [-0.05, 0) is 36.2 Å². The van der Waals surface area contributed by atoms with Crippen LogP contribution in [0.1, 0.15) is 29.2 Å². The van der Waals surface area contributed by atoms with E-state index in [-0.39, 0.29) is 11.3 Å². The van der Waals surface area contributed by atoms with Crippen LogP contribution < -0.4 is 14.6 Å². The number of carbonyl (C=O) groups excluding carboxylic acids is 2. The van der Waals surface area contributed by atoms with Crippen LogP contribution in [0, 0.1) is 6.92 Å². The zero-order chi connectivity index (χ0) is 23.4. The standard InChI is InChI=1S/C25H29N3O5/c1-17-16-19(32-2)4-5-20(17)23(29)21-22(18-6-8-26-9-7-18)28(25(31)24(21)30)11-3-10-27-12-14-33-15-13-27/h4-9,16,22,29H,3,10-15H2,1-2H3/p+2. The number of Topliss-reactive ketones (excluding diaryl/α,β-unsaturated/α-hetero) is 1. The number of benzene rings is 1. The quantitative estimate of drug-likeness (QED) is 0.363. The molecule has 2 fully saturated rings. The Morgan fingerprint density at radius 1 is 1.21 bits per heavy atom. The molecule has 0 spiro atoms. The Labute approximate surface area is 193 Å². The number of amides is 1. The summed E-state index contributed by atoms with van der Waals surface area (Å²) in [6.45, 7) is 6.59. The van der Waals surface area contributed by atoms with E-state index < -0.39 is 17.7 Å². The number of aliphatic hydroxyl groups excluding tert-OH is 1. The predicted octanol–water partition coefficient (Wildman–Crippen LogP) is 0.545. The molecular weight excluding hydrogens is 422 g/mol. The van der Waals surface area contributed by atoms with Gasteiger partial charge in [0.05, 0.1) is 38.5 Å². The minimum absolute atomic E-state index is 0.123. The Hall–Kier alpha value is -3.23. The Morgan fingerprint density at radius 2 is 1.94 bits per heavy atom. The number of pyridine rings is 1. The van der Waals surface area contributed by atoms with E-state index in [0.29, 0.717) is 17.9 Å². The van der Waals surface area contributed by atoms with Gasteiger partial charge in [-0.2, -0.15) is 0 Å². The van der Waals surface area contributed by atoms with Crippen LogP contribution in [-0.4, -0.2) is 68.2 Å². The van der Waals surface area contributed by atoms with E-state index in [1.165, 1.54) is 4.90 Å². The van der Waals surface area contributed by atoms with Crippen LogP contribution >= 0.6 is 0 Å². The normalized spacial score (nSPS) is 20.9. The largest absolute Gasteiger partial charge is 0.507 e. The highest BCUT2D eigenvalue weighted by Gasteiger charge is 2.46. The summed E-state index contributed by atoms with van der Waals surface area (Å²) in [7, 11) is 1.57. The van der Waals surface area contributed by atoms with Crippen LogP contribution in [0.3, 0.4) is 0 Å². The molecule has 1 unspecified atom stereocenters. The molecular formula is C25H31N3O5+2. The first-order valence-electron chi connectivity index (χ1n) is 11.3. The maximum Gasteiger partial charge on any atom is 0.295 e. The van der Waals surface area contributed by atoms with E-state index in [0.717, 1.165) is 50.4 Å². The molecule has 3 N–H and O–H groups in total. The Balaban J connectivity index is 1.67. The van der Waals surface area contributed by atoms with Gasteiger partial charge >= 0.3 is 0 Å². The van der Waals surface area contributed by atoms with Crippen molar-refractivity contribution in [1.82, 2.24) is 4.90 Å². The number of morpholine rings is 1. The number of quaternary nitrogens is 1. The number of aryl methyl sites for hydroxylation is 1. The van der Waals surface area contributed by atoms with Crippen molar-refractivity contribution >= 4 is 17.4 Å². The number of nitrogens with one attached hydrogen (secondary N) is 2. The summed E-state index contributed by atoms with van der Waals surface area (Å²) in [6, 6.07) is 8.28. The minimum Gasteiger partial charge on any atom is -0.507 e. The van der Waals surface area contributed by atoms with Gasteiger partial charge in [0, 0.05) is 30.7 Å². The van der Waals surface area contributed by atoms with Crippen molar-refractivity contribution in [3.8, 4) is 5.75 Å². The number of H-pyrrole nitrogens is 1. The molecule has 8 heteroatoms. The lowest BCUT2D eigenvalue weighted by Crippen LogP contribution is -3.14. The predicted molar refractivity (Wildman–Crippen MR) is 121 cm³/mol. The second-order valence-electron chi connectivity index (χ2n) is 8.47. The molecule has 4 rings (SSSR count). The van der Waals surface area contributed by atoms with Crippen LogP contribution in [0.2, 0.25) is 0 Å². The third-order valence-corrected chi connectivity index (χ3v) is 6.42. The number of aromatic nitrogens is 1. The van der Waals surface area contributed by atoms with Gasteiger partial charge < -0.3 is 24.4 Å². The topological polar surface area (TPSA) is 94.7 Å². The molecule has 1 amide bonds. The minimum atomic E-state index is -0.653. The van der Waals surface area contributed by atoms with E-state index in [1.807, 2.05) is 19.1 Å². The summed E-state index contributed by atoms with van der Waals surface area (Å²) < 4.78 is 10.7. The van der Waals surface area contributed by atoms with Gasteiger partial charge in [-0.3, -0.25) is 9.59 Å². The third kappa shape index (κ3) is 4.77. The molecule has 0 radical (unpaired) electrons. The van der Waals surface area contributed by atoms with Gasteiger partial charge in [0.2, 0.25) is 0 Å². The van der Waals surface area contributed by atoms with Crippen LogP contribution in [-0.2, 0) is 14.3 Å². The molecule has 33 heavy (non-hydrogen) atoms. The lowest BCUT2D eigenvalue weighted by atomic mass is 9.94. The van der Waals surface area contributed by atoms with Crippen molar-refractivity contribution in [2.75, 3.05) is 46.5 Å². The van der Waals surface area contributed by atoms with Gasteiger partial charge in [-0.25, -0.2) is 4.98 Å². The van der Waals surface area contributed by atoms with E-state index in [4.69, 9.17) is 9.47 Å². The number of likely N-dealkylation sites (tertiary alicyclic amines) is 1. The zero-order valence-electron chi connectivity index (χ0n) is 19.1. The summed E-state index contributed by atoms with van der Waals surface area (Å²) >= 11 is 0. The summed E-state index contributed by atoms with van der Waals surface area (Å²) in [5, 5.41) is 11.2. The van der Waals surface area contributed by atoms with Crippen molar-refractivity contribution < 1.29 is 34.1 Å². The van der Waals surface area contributed by atoms with Crippen molar-refractivity contribution in [2.24, 2.45) is 0 Å². The molecule has 2 aromatic rings. The molecule has 0 saturated carbocycles. The fourth-order valence-corrected chi connectivity index (χ4v) is 4.62. The van der Waals surface area contributed by atoms with Crippen LogP contribution in [0.4, 0.5) is 0 Å². The van der Waals surface area contributed by atoms with Crippen molar-refractivity contribution in [3.63, 3.8) is 0 Å². The number of ketones is 1. The van der Waals surface area contributed by atoms with Crippen LogP contribution in [0.25, 0.3) is 5.76 Å². The maximum atomic E-state index is 13.2. The van der Waals surface area contributed by atoms with E-state index in [2.05, 4.69) is 4.98 Å². The van der Waals surface area contributed by atoms with Gasteiger partial charge in [0.15, 0.2) is 12.4 Å². The van der Waals surface area contributed by atoms with Gasteiger partial charge in [0.1, 0.15) is 24.6 Å². The Kier molecular flexibility index (Phi) is 7.05. The zero-order valence-corrected chi connectivity index (χ0v) is 19.1. The lowest BCUT2D eigenvalue weighted by molar-refractivity contribution is -0.908. The highest BCUT2D eigenvalue weighted by atomic mass is 16.5. The number of rotatable bonds is 7. The molecule has 8 nitrogen and oxygen atoms in total. The number of nitrogens with zero attached hydrogens (tertiary/aromatic N) is 1. The number of methoxy groups -OCH3 is 1. The van der Waals surface area contributed by atoms with Crippen molar-refractivity contribution in [1.29, 1.82) is 0 Å². The summed E-state index contributed by atoms with van der Waals surface area (Å²) in [6.07, 6.45) is 4.28. The van der Waals surface area contributed by atoms with Crippen LogP contribution in [0.5, 0.6) is 5.75 Å². The first-order chi connectivity index (χ1) is 16.0. The Morgan fingerprint density at radius 3 is 2.61 bits per heavy atom. The van der Waals surface area contributed by atoms with Crippen LogP contribution in [0.15, 0.2) is 48.3 Å². The fourth-order valence-electron chi connectivity index (χ4n) is 4.62. The molecule has 2 saturated heterocycles. The highest BCUT2D eigenvalue weighted by Crippen LogP contribution is 2.39. The number of hydrogen-bond donors (Lipinski definition) is 2. The lowest BCUT2D eigenvalue weighted by Gasteiger charge is -2.27. The smallest absolute Gasteiger partial charge is 0.295 e. The second-order valence-corrected chi connectivity index (χ2v) is 8.47. The average Bonchev–Trinajstić information content (AvgIpc) is 3.10. The van der Waals surface area contributed by atoms with Crippen molar-refractivity contribution in [3.05, 3.63) is 65.0 Å². The number of aliphatic hydroxyl groups is 1. The first-order valence-corrected chi connectivity index (χ1v) is 11.3. The molecule has 1 aromatic heterocycles. The molecule has 2 aliphatic rings. The van der Waals surface area contributed by atoms with Gasteiger partial charge in [-0.15, -0.1) is 0 Å². The molecule has 3 heterocycles. The summed E-state index contributed by atoms with van der Waals surface area (Å²) in [4.78, 5) is 32.3. The number of ether oxygens (including phenoxy) is 2. The second kappa shape index (κ2) is 10.1. The SMILES string of the molecule is COc1ccc(C(O)=C2C(=O)C(=O)N(CCC[NH+]3CCOCC3)C2c2cc[nH+]cc2)c(C)c1. The van der Waals surface area contributed by atoms with Gasteiger partial charge in [-0.1, -0.05) is 0 Å². The molecule has 174 valence electrons. The molecule has 1 aromatic carbocycles. The number of hydrogen-bond acceptors (Lipinski definition) is 5. The summed E-state index contributed by atoms with van der Waals surface area (Å²) in [5.41, 5.74) is 2.17. The average molecular weight is 454 g/mol. The Bertz CT molecular complexity index is 1050. The van der Waals surface area contributed by atoms with Crippen molar-refractivity contribution in [2.45, 2.75) is 19.4 Å². The highest BCUT2D eigenvalue weighted by molar-refractivity contribution is 6.46. The number of carbonyl (C=O) groups is 2. The molecule has 2 aliphatic heterocycles. The van der Waals surface area contributed by atoms with E-state index >= 15 is 0 Å². The molecule has 0 bridgehead atoms. The van der Waals surface area contributed by atoms with Gasteiger partial charge in [0.25, 0.3) is 11.7 Å². The monoisotopic (exact) mass is 453 g/mol.